The van der Waals surface area contributed by atoms with E-state index >= 15 is 0 Å². The Labute approximate surface area is 117 Å². The summed E-state index contributed by atoms with van der Waals surface area (Å²) in [4.78, 5) is 10.6. The number of carbonyl (C=O) groups excluding carboxylic acids is 1. The van der Waals surface area contributed by atoms with Gasteiger partial charge in [-0.15, -0.1) is 0 Å². The summed E-state index contributed by atoms with van der Waals surface area (Å²) in [5.41, 5.74) is 0.679. The molecular weight excluding hydrogens is 240 g/mol. The van der Waals surface area contributed by atoms with Crippen molar-refractivity contribution in [2.24, 2.45) is 5.92 Å². The van der Waals surface area contributed by atoms with Crippen molar-refractivity contribution in [2.75, 3.05) is 0 Å². The number of allylic oxidation sites excluding steroid dienone is 2. The molecule has 2 atom stereocenters. The Morgan fingerprint density at radius 3 is 2.58 bits per heavy atom. The predicted molar refractivity (Wildman–Crippen MR) is 76.5 cm³/mol. The van der Waals surface area contributed by atoms with Crippen LogP contribution in [0.3, 0.4) is 0 Å². The molecule has 0 saturated heterocycles. The van der Waals surface area contributed by atoms with Gasteiger partial charge in [0.2, 0.25) is 0 Å². The molecule has 0 aliphatic carbocycles. The van der Waals surface area contributed by atoms with Crippen LogP contribution in [0.2, 0.25) is 0 Å². The van der Waals surface area contributed by atoms with E-state index in [1.165, 1.54) is 5.57 Å². The van der Waals surface area contributed by atoms with E-state index in [4.69, 9.17) is 0 Å². The lowest BCUT2D eigenvalue weighted by Gasteiger charge is -2.23. The van der Waals surface area contributed by atoms with Crippen LogP contribution in [0, 0.1) is 5.92 Å². The van der Waals surface area contributed by atoms with Gasteiger partial charge in [-0.1, -0.05) is 31.9 Å². The van der Waals surface area contributed by atoms with Gasteiger partial charge >= 0.3 is 0 Å². The lowest BCUT2D eigenvalue weighted by molar-refractivity contribution is -0.311. The van der Waals surface area contributed by atoms with Gasteiger partial charge in [-0.05, 0) is 58.3 Å². The van der Waals surface area contributed by atoms with Gasteiger partial charge in [-0.3, -0.25) is 0 Å². The van der Waals surface area contributed by atoms with Gasteiger partial charge in [0.05, 0.1) is 5.60 Å². The standard InChI is InChI=1S/C16H30O3/c1-5-8-13(2)9-6-11-16(4,19)12-7-10-14(3)15(17)18/h9,14,19H,5-8,10-12H2,1-4H3,(H,17,18)/p-1/b13-9+. The van der Waals surface area contributed by atoms with E-state index in [9.17, 15) is 15.0 Å². The number of hydrogen-bond acceptors (Lipinski definition) is 3. The van der Waals surface area contributed by atoms with E-state index in [1.807, 2.05) is 6.92 Å². The van der Waals surface area contributed by atoms with Gasteiger partial charge in [-0.25, -0.2) is 0 Å². The number of aliphatic hydroxyl groups is 1. The first-order valence-electron chi connectivity index (χ1n) is 7.37. The van der Waals surface area contributed by atoms with Crippen LogP contribution in [-0.4, -0.2) is 16.7 Å². The van der Waals surface area contributed by atoms with E-state index in [-0.39, 0.29) is 0 Å². The van der Waals surface area contributed by atoms with Crippen molar-refractivity contribution in [3.8, 4) is 0 Å². The van der Waals surface area contributed by atoms with Crippen LogP contribution < -0.4 is 5.11 Å². The Bertz CT molecular complexity index is 292. The van der Waals surface area contributed by atoms with Gasteiger partial charge in [-0.2, -0.15) is 0 Å². The van der Waals surface area contributed by atoms with Gasteiger partial charge < -0.3 is 15.0 Å². The minimum atomic E-state index is -1.00. The number of carboxylic acids is 1. The Balaban J connectivity index is 3.92. The van der Waals surface area contributed by atoms with Gasteiger partial charge in [0.25, 0.3) is 0 Å². The molecule has 1 N–H and O–H groups in total. The van der Waals surface area contributed by atoms with E-state index < -0.39 is 17.5 Å². The first kappa shape index (κ1) is 18.2. The zero-order chi connectivity index (χ0) is 14.9. The third-order valence-corrected chi connectivity index (χ3v) is 3.57. The smallest absolute Gasteiger partial charge is 0.0622 e. The molecule has 0 amide bonds. The van der Waals surface area contributed by atoms with E-state index in [0.29, 0.717) is 12.8 Å². The third kappa shape index (κ3) is 9.71. The molecule has 0 aromatic carbocycles. The van der Waals surface area contributed by atoms with Crippen molar-refractivity contribution >= 4 is 5.97 Å². The van der Waals surface area contributed by atoms with Gasteiger partial charge in [0, 0.05) is 5.97 Å². The molecule has 0 aliphatic heterocycles. The van der Waals surface area contributed by atoms with E-state index in [1.54, 1.807) is 6.92 Å². The number of rotatable bonds is 10. The average Bonchev–Trinajstić information content (AvgIpc) is 2.28. The van der Waals surface area contributed by atoms with Crippen LogP contribution in [0.1, 0.15) is 72.6 Å². The van der Waals surface area contributed by atoms with Gasteiger partial charge in [0.1, 0.15) is 0 Å². The summed E-state index contributed by atoms with van der Waals surface area (Å²) in [6.45, 7) is 7.77. The summed E-state index contributed by atoms with van der Waals surface area (Å²) in [5, 5.41) is 20.8. The number of carbonyl (C=O) groups is 1. The Hall–Kier alpha value is -0.830. The van der Waals surface area contributed by atoms with Gasteiger partial charge in [0.15, 0.2) is 0 Å². The Morgan fingerprint density at radius 1 is 1.42 bits per heavy atom. The van der Waals surface area contributed by atoms with Crippen LogP contribution in [0.25, 0.3) is 0 Å². The molecule has 2 unspecified atom stereocenters. The molecule has 0 heterocycles. The number of carboxylic acid groups (broad SMARTS) is 1. The quantitative estimate of drug-likeness (QED) is 0.620. The predicted octanol–water partition coefficient (Wildman–Crippen LogP) is 2.82. The molecule has 0 bridgehead atoms. The van der Waals surface area contributed by atoms with Crippen molar-refractivity contribution in [1.29, 1.82) is 0 Å². The lowest BCUT2D eigenvalue weighted by Crippen LogP contribution is -2.30. The van der Waals surface area contributed by atoms with Crippen LogP contribution >= 0.6 is 0 Å². The maximum Gasteiger partial charge on any atom is 0.0622 e. The largest absolute Gasteiger partial charge is 0.550 e. The van der Waals surface area contributed by atoms with Crippen molar-refractivity contribution in [1.82, 2.24) is 0 Å². The minimum Gasteiger partial charge on any atom is -0.550 e. The fourth-order valence-electron chi connectivity index (χ4n) is 2.16. The van der Waals surface area contributed by atoms with Crippen LogP contribution in [0.15, 0.2) is 11.6 Å². The molecule has 0 fully saturated rings. The molecular formula is C16H29O3-. The molecule has 112 valence electrons. The fraction of sp³-hybridized carbons (Fsp3) is 0.812. The molecule has 0 saturated carbocycles. The van der Waals surface area contributed by atoms with Crippen molar-refractivity contribution < 1.29 is 15.0 Å². The molecule has 3 nitrogen and oxygen atoms in total. The average molecular weight is 269 g/mol. The topological polar surface area (TPSA) is 60.4 Å². The molecule has 19 heavy (non-hydrogen) atoms. The zero-order valence-electron chi connectivity index (χ0n) is 12.9. The maximum atomic E-state index is 10.6. The third-order valence-electron chi connectivity index (χ3n) is 3.57. The summed E-state index contributed by atoms with van der Waals surface area (Å²) in [6.07, 6.45) is 8.02. The first-order valence-corrected chi connectivity index (χ1v) is 7.37. The van der Waals surface area contributed by atoms with Crippen molar-refractivity contribution in [2.45, 2.75) is 78.2 Å². The normalized spacial score (nSPS) is 17.0. The molecule has 0 aliphatic rings. The summed E-state index contributed by atoms with van der Waals surface area (Å²) in [6, 6.07) is 0. The highest BCUT2D eigenvalue weighted by Crippen LogP contribution is 2.22. The minimum absolute atomic E-state index is 0.428. The lowest BCUT2D eigenvalue weighted by atomic mass is 9.91. The highest BCUT2D eigenvalue weighted by molar-refractivity contribution is 5.66. The summed E-state index contributed by atoms with van der Waals surface area (Å²) in [5.74, 6) is -1.43. The second kappa shape index (κ2) is 9.13. The molecule has 3 heteroatoms. The van der Waals surface area contributed by atoms with Crippen LogP contribution in [-0.2, 0) is 4.79 Å². The maximum absolute atomic E-state index is 10.6. The van der Waals surface area contributed by atoms with Crippen molar-refractivity contribution in [3.05, 3.63) is 11.6 Å². The molecule has 0 aromatic rings. The fourth-order valence-corrected chi connectivity index (χ4v) is 2.16. The number of hydrogen-bond donors (Lipinski definition) is 1. The second-order valence-corrected chi connectivity index (χ2v) is 5.95. The molecule has 0 rings (SSSR count). The summed E-state index contributed by atoms with van der Waals surface area (Å²) in [7, 11) is 0. The Morgan fingerprint density at radius 2 is 2.05 bits per heavy atom. The summed E-state index contributed by atoms with van der Waals surface area (Å²) >= 11 is 0. The van der Waals surface area contributed by atoms with E-state index in [0.717, 1.165) is 32.1 Å². The van der Waals surface area contributed by atoms with Crippen LogP contribution in [0.5, 0.6) is 0 Å². The highest BCUT2D eigenvalue weighted by Gasteiger charge is 2.19. The molecule has 0 radical (unpaired) electrons. The monoisotopic (exact) mass is 269 g/mol. The SMILES string of the molecule is CCC/C(C)=C/CCC(C)(O)CCCC(C)C(=O)[O-]. The van der Waals surface area contributed by atoms with Crippen molar-refractivity contribution in [3.63, 3.8) is 0 Å². The first-order chi connectivity index (χ1) is 8.78. The highest BCUT2D eigenvalue weighted by atomic mass is 16.4. The summed E-state index contributed by atoms with van der Waals surface area (Å²) < 4.78 is 0. The molecule has 0 aromatic heterocycles. The Kier molecular flexibility index (Phi) is 8.73. The van der Waals surface area contributed by atoms with Crippen LogP contribution in [0.4, 0.5) is 0 Å². The van der Waals surface area contributed by atoms with E-state index in [2.05, 4.69) is 19.9 Å². The second-order valence-electron chi connectivity index (χ2n) is 5.95. The zero-order valence-corrected chi connectivity index (χ0v) is 12.9. The number of aliphatic carboxylic acids is 1. The molecule has 0 spiro atoms.